The number of carbonyl (C=O) groups is 1. The summed E-state index contributed by atoms with van der Waals surface area (Å²) in [6, 6.07) is 16.4. The summed E-state index contributed by atoms with van der Waals surface area (Å²) in [7, 11) is 0. The number of nitrogens with one attached hydrogen (secondary N) is 1. The lowest BCUT2D eigenvalue weighted by Crippen LogP contribution is -2.06. The molecule has 3 nitrogen and oxygen atoms in total. The normalized spacial score (nSPS) is 14.7. The molecule has 0 aliphatic carbocycles. The molecule has 0 saturated heterocycles. The third-order valence-corrected chi connectivity index (χ3v) is 6.33. The van der Waals surface area contributed by atoms with Gasteiger partial charge < -0.3 is 9.88 Å². The van der Waals surface area contributed by atoms with Crippen LogP contribution < -0.4 is 5.32 Å². The smallest absolute Gasteiger partial charge is 0.342 e. The average Bonchev–Trinajstić information content (AvgIpc) is 3.27. The molecule has 1 aliphatic heterocycles. The number of fused-ring (bicyclic) bond motifs is 2. The molecule has 5 rings (SSSR count). The Kier molecular flexibility index (Phi) is 5.22. The zero-order chi connectivity index (χ0) is 23.3. The highest BCUT2D eigenvalue weighted by Crippen LogP contribution is 2.39. The van der Waals surface area contributed by atoms with Gasteiger partial charge in [0.05, 0.1) is 15.6 Å². The molecule has 0 saturated carbocycles. The Morgan fingerprint density at radius 2 is 1.76 bits per heavy atom. The number of carbonyl (C=O) groups excluding carboxylic acids is 1. The first-order valence-electron chi connectivity index (χ1n) is 9.97. The van der Waals surface area contributed by atoms with E-state index in [4.69, 9.17) is 23.2 Å². The van der Waals surface area contributed by atoms with Crippen molar-refractivity contribution in [3.05, 3.63) is 99.2 Å². The van der Waals surface area contributed by atoms with Crippen LogP contribution in [0.3, 0.4) is 0 Å². The first-order chi connectivity index (χ1) is 15.7. The Hall–Kier alpha value is -3.22. The van der Waals surface area contributed by atoms with Crippen LogP contribution in [0.5, 0.6) is 0 Å². The van der Waals surface area contributed by atoms with Crippen molar-refractivity contribution in [1.82, 2.24) is 4.57 Å². The fourth-order valence-electron chi connectivity index (χ4n) is 4.03. The molecule has 1 amide bonds. The summed E-state index contributed by atoms with van der Waals surface area (Å²) in [6.45, 7) is 0.526. The molecule has 0 unspecified atom stereocenters. The summed E-state index contributed by atoms with van der Waals surface area (Å²) >= 11 is 12.2. The quantitative estimate of drug-likeness (QED) is 0.298. The first kappa shape index (κ1) is 21.6. The Labute approximate surface area is 197 Å². The van der Waals surface area contributed by atoms with Crippen molar-refractivity contribution < 1.29 is 18.0 Å². The molecule has 0 atom stereocenters. The molecule has 166 valence electrons. The van der Waals surface area contributed by atoms with Crippen molar-refractivity contribution in [2.75, 3.05) is 5.32 Å². The Balaban J connectivity index is 1.58. The van der Waals surface area contributed by atoms with Crippen LogP contribution in [0.2, 0.25) is 10.0 Å². The number of alkyl halides is 3. The first-order valence-corrected chi connectivity index (χ1v) is 10.7. The topological polar surface area (TPSA) is 34.0 Å². The Morgan fingerprint density at radius 3 is 2.52 bits per heavy atom. The standard InChI is InChI=1S/C25H15Cl2F3N2O/c26-20-8-5-14(9-21(20)27)12-32-13-15(17-3-1-2-4-23(17)32)10-19-18-7-6-16(25(28,29)30)11-22(18)31-24(19)33/h1-11,13H,12H2,(H,31,33)/b19-10-. The van der Waals surface area contributed by atoms with Crippen molar-refractivity contribution in [3.63, 3.8) is 0 Å². The highest BCUT2D eigenvalue weighted by atomic mass is 35.5. The molecule has 2 heterocycles. The van der Waals surface area contributed by atoms with Crippen LogP contribution >= 0.6 is 23.2 Å². The van der Waals surface area contributed by atoms with Gasteiger partial charge >= 0.3 is 6.18 Å². The lowest BCUT2D eigenvalue weighted by Gasteiger charge is -2.08. The fraction of sp³-hybridized carbons (Fsp3) is 0.0800. The summed E-state index contributed by atoms with van der Waals surface area (Å²) in [5, 5.41) is 4.40. The molecule has 33 heavy (non-hydrogen) atoms. The lowest BCUT2D eigenvalue weighted by molar-refractivity contribution is -0.137. The maximum Gasteiger partial charge on any atom is 0.416 e. The van der Waals surface area contributed by atoms with Crippen molar-refractivity contribution in [2.24, 2.45) is 0 Å². The van der Waals surface area contributed by atoms with Crippen LogP contribution in [-0.4, -0.2) is 10.5 Å². The van der Waals surface area contributed by atoms with Crippen LogP contribution in [0, 0.1) is 0 Å². The van der Waals surface area contributed by atoms with Crippen LogP contribution in [0.1, 0.15) is 22.3 Å². The molecule has 0 fully saturated rings. The van der Waals surface area contributed by atoms with E-state index in [-0.39, 0.29) is 5.69 Å². The van der Waals surface area contributed by atoms with Gasteiger partial charge in [0, 0.05) is 46.0 Å². The van der Waals surface area contributed by atoms with Crippen LogP contribution in [0.25, 0.3) is 22.6 Å². The number of hydrogen-bond acceptors (Lipinski definition) is 1. The maximum absolute atomic E-state index is 13.1. The molecule has 1 N–H and O–H groups in total. The third-order valence-electron chi connectivity index (χ3n) is 5.59. The van der Waals surface area contributed by atoms with Gasteiger partial charge in [-0.2, -0.15) is 13.2 Å². The number of nitrogens with zero attached hydrogens (tertiary/aromatic N) is 1. The highest BCUT2D eigenvalue weighted by molar-refractivity contribution is 6.42. The van der Waals surface area contributed by atoms with Crippen molar-refractivity contribution >= 4 is 57.3 Å². The highest BCUT2D eigenvalue weighted by Gasteiger charge is 2.33. The van der Waals surface area contributed by atoms with E-state index in [1.54, 1.807) is 18.2 Å². The van der Waals surface area contributed by atoms with E-state index in [0.29, 0.717) is 27.7 Å². The monoisotopic (exact) mass is 486 g/mol. The minimum atomic E-state index is -4.48. The zero-order valence-corrected chi connectivity index (χ0v) is 18.4. The zero-order valence-electron chi connectivity index (χ0n) is 16.9. The fourth-order valence-corrected chi connectivity index (χ4v) is 4.35. The second-order valence-electron chi connectivity index (χ2n) is 7.75. The lowest BCUT2D eigenvalue weighted by atomic mass is 10.0. The number of hydrogen-bond donors (Lipinski definition) is 1. The van der Waals surface area contributed by atoms with Gasteiger partial charge in [0.25, 0.3) is 5.91 Å². The summed E-state index contributed by atoms with van der Waals surface area (Å²) in [6.07, 6.45) is -0.859. The number of anilines is 1. The van der Waals surface area contributed by atoms with Gasteiger partial charge in [-0.15, -0.1) is 0 Å². The largest absolute Gasteiger partial charge is 0.416 e. The number of halogens is 5. The number of rotatable bonds is 3. The van der Waals surface area contributed by atoms with E-state index in [1.807, 2.05) is 41.1 Å². The van der Waals surface area contributed by atoms with E-state index in [2.05, 4.69) is 5.32 Å². The second-order valence-corrected chi connectivity index (χ2v) is 8.56. The number of para-hydroxylation sites is 1. The molecular weight excluding hydrogens is 472 g/mol. The van der Waals surface area contributed by atoms with Crippen molar-refractivity contribution in [2.45, 2.75) is 12.7 Å². The molecule has 4 aromatic rings. The van der Waals surface area contributed by atoms with E-state index in [1.165, 1.54) is 6.07 Å². The predicted octanol–water partition coefficient (Wildman–Crippen LogP) is 7.51. The van der Waals surface area contributed by atoms with Crippen LogP contribution in [0.15, 0.2) is 66.9 Å². The third kappa shape index (κ3) is 4.01. The minimum absolute atomic E-state index is 0.153. The summed E-state index contributed by atoms with van der Waals surface area (Å²) < 4.78 is 41.2. The van der Waals surface area contributed by atoms with Gasteiger partial charge in [0.15, 0.2) is 0 Å². The second kappa shape index (κ2) is 7.97. The summed E-state index contributed by atoms with van der Waals surface area (Å²) in [5.41, 5.74) is 2.78. The average molecular weight is 487 g/mol. The Bertz CT molecular complexity index is 1450. The Morgan fingerprint density at radius 1 is 0.970 bits per heavy atom. The van der Waals surface area contributed by atoms with E-state index < -0.39 is 17.6 Å². The molecule has 0 bridgehead atoms. The van der Waals surface area contributed by atoms with E-state index in [0.717, 1.165) is 34.2 Å². The molecule has 8 heteroatoms. The van der Waals surface area contributed by atoms with Crippen LogP contribution in [-0.2, 0) is 17.5 Å². The minimum Gasteiger partial charge on any atom is -0.342 e. The number of aromatic nitrogens is 1. The number of benzene rings is 3. The molecule has 0 radical (unpaired) electrons. The van der Waals surface area contributed by atoms with Gasteiger partial charge in [-0.05, 0) is 42.0 Å². The van der Waals surface area contributed by atoms with Gasteiger partial charge in [-0.25, -0.2) is 0 Å². The molecular formula is C25H15Cl2F3N2O. The summed E-state index contributed by atoms with van der Waals surface area (Å²) in [4.78, 5) is 12.6. The summed E-state index contributed by atoms with van der Waals surface area (Å²) in [5.74, 6) is -0.439. The predicted molar refractivity (Wildman–Crippen MR) is 125 cm³/mol. The van der Waals surface area contributed by atoms with Crippen LogP contribution in [0.4, 0.5) is 18.9 Å². The SMILES string of the molecule is O=C1Nc2cc(C(F)(F)F)ccc2/C1=C/c1cn(Cc2ccc(Cl)c(Cl)c2)c2ccccc12. The number of amides is 1. The van der Waals surface area contributed by atoms with Gasteiger partial charge in [0.2, 0.25) is 0 Å². The van der Waals surface area contributed by atoms with Gasteiger partial charge in [-0.3, -0.25) is 4.79 Å². The van der Waals surface area contributed by atoms with E-state index in [9.17, 15) is 18.0 Å². The van der Waals surface area contributed by atoms with Gasteiger partial charge in [0.1, 0.15) is 0 Å². The molecule has 1 aliphatic rings. The maximum atomic E-state index is 13.1. The molecule has 3 aromatic carbocycles. The molecule has 0 spiro atoms. The van der Waals surface area contributed by atoms with E-state index >= 15 is 0 Å². The van der Waals surface area contributed by atoms with Crippen molar-refractivity contribution in [1.29, 1.82) is 0 Å². The van der Waals surface area contributed by atoms with Gasteiger partial charge in [-0.1, -0.05) is 53.5 Å². The molecule has 1 aromatic heterocycles. The van der Waals surface area contributed by atoms with Crippen molar-refractivity contribution in [3.8, 4) is 0 Å².